The van der Waals surface area contributed by atoms with Gasteiger partial charge in [-0.3, -0.25) is 4.79 Å². The lowest BCUT2D eigenvalue weighted by molar-refractivity contribution is -0.131. The second-order valence-electron chi connectivity index (χ2n) is 6.02. The molecule has 0 saturated heterocycles. The summed E-state index contributed by atoms with van der Waals surface area (Å²) >= 11 is 1.51. The maximum atomic E-state index is 12.7. The normalized spacial score (nSPS) is 13.7. The molecule has 0 spiro atoms. The lowest BCUT2D eigenvalue weighted by Gasteiger charge is -2.23. The molecular weight excluding hydrogens is 338 g/mol. The van der Waals surface area contributed by atoms with E-state index in [1.165, 1.54) is 11.8 Å². The van der Waals surface area contributed by atoms with E-state index in [0.717, 1.165) is 29.3 Å². The Hall–Kier alpha value is -2.09. The topological polar surface area (TPSA) is 73.1 Å². The van der Waals surface area contributed by atoms with Gasteiger partial charge >= 0.3 is 0 Å². The number of rotatable bonds is 9. The first-order chi connectivity index (χ1) is 12.2. The van der Waals surface area contributed by atoms with Gasteiger partial charge in [0.05, 0.1) is 6.61 Å². The fraction of sp³-hybridized carbons (Fsp3) is 0.529. The highest BCUT2D eigenvalue weighted by Gasteiger charge is 2.32. The van der Waals surface area contributed by atoms with Crippen LogP contribution in [0.3, 0.4) is 0 Å². The van der Waals surface area contributed by atoms with E-state index in [-0.39, 0.29) is 5.91 Å². The number of carbonyl (C=O) groups excluding carboxylic acids is 1. The Bertz CT molecular complexity index is 717. The Labute approximate surface area is 151 Å². The van der Waals surface area contributed by atoms with Crippen molar-refractivity contribution in [1.82, 2.24) is 25.1 Å². The number of hydrogen-bond donors (Lipinski definition) is 0. The van der Waals surface area contributed by atoms with Crippen LogP contribution < -0.4 is 4.74 Å². The Morgan fingerprint density at radius 1 is 1.44 bits per heavy atom. The number of aryl methyl sites for hydroxylation is 1. The number of hydrogen-bond acceptors (Lipinski definition) is 6. The van der Waals surface area contributed by atoms with E-state index < -0.39 is 0 Å². The van der Waals surface area contributed by atoms with E-state index >= 15 is 0 Å². The molecule has 7 nitrogen and oxygen atoms in total. The minimum absolute atomic E-state index is 0.187. The van der Waals surface area contributed by atoms with Crippen LogP contribution in [0.15, 0.2) is 29.4 Å². The minimum atomic E-state index is 0.187. The summed E-state index contributed by atoms with van der Waals surface area (Å²) in [5.74, 6) is 1.72. The number of benzene rings is 1. The largest absolute Gasteiger partial charge is 0.494 e. The SMILES string of the molecule is CCOc1cccc(CN(C(=O)CCSc2nnnn2C)C2CC2)c1. The second kappa shape index (κ2) is 8.33. The molecule has 8 heteroatoms. The molecule has 25 heavy (non-hydrogen) atoms. The Morgan fingerprint density at radius 2 is 2.28 bits per heavy atom. The van der Waals surface area contributed by atoms with Crippen molar-refractivity contribution < 1.29 is 9.53 Å². The van der Waals surface area contributed by atoms with E-state index in [9.17, 15) is 4.79 Å². The third-order valence-electron chi connectivity index (χ3n) is 4.00. The number of carbonyl (C=O) groups is 1. The zero-order valence-corrected chi connectivity index (χ0v) is 15.4. The first-order valence-electron chi connectivity index (χ1n) is 8.53. The third kappa shape index (κ3) is 4.94. The van der Waals surface area contributed by atoms with Gasteiger partial charge in [-0.25, -0.2) is 4.68 Å². The summed E-state index contributed by atoms with van der Waals surface area (Å²) in [5, 5.41) is 12.1. The lowest BCUT2D eigenvalue weighted by atomic mass is 10.2. The van der Waals surface area contributed by atoms with Gasteiger partial charge in [0.25, 0.3) is 0 Å². The molecule has 1 saturated carbocycles. The predicted molar refractivity (Wildman–Crippen MR) is 95.3 cm³/mol. The first-order valence-corrected chi connectivity index (χ1v) is 9.52. The summed E-state index contributed by atoms with van der Waals surface area (Å²) in [7, 11) is 1.80. The number of aromatic nitrogens is 4. The highest BCUT2D eigenvalue weighted by molar-refractivity contribution is 7.99. The zero-order chi connectivity index (χ0) is 17.6. The van der Waals surface area contributed by atoms with Gasteiger partial charge < -0.3 is 9.64 Å². The molecule has 0 bridgehead atoms. The monoisotopic (exact) mass is 361 g/mol. The van der Waals surface area contributed by atoms with Crippen LogP contribution in [0.4, 0.5) is 0 Å². The average Bonchev–Trinajstić information content (AvgIpc) is 3.36. The molecule has 2 aromatic rings. The molecule has 0 radical (unpaired) electrons. The van der Waals surface area contributed by atoms with E-state index in [0.29, 0.717) is 31.4 Å². The number of nitrogens with zero attached hydrogens (tertiary/aromatic N) is 5. The van der Waals surface area contributed by atoms with Crippen LogP contribution in [0.25, 0.3) is 0 Å². The molecular formula is C17H23N5O2S. The van der Waals surface area contributed by atoms with Crippen LogP contribution in [-0.2, 0) is 18.4 Å². The summed E-state index contributed by atoms with van der Waals surface area (Å²) in [6.45, 7) is 3.25. The quantitative estimate of drug-likeness (QED) is 0.638. The molecule has 1 heterocycles. The molecule has 1 amide bonds. The first kappa shape index (κ1) is 17.7. The van der Waals surface area contributed by atoms with Gasteiger partial charge in [0, 0.05) is 31.8 Å². The lowest BCUT2D eigenvalue weighted by Crippen LogP contribution is -2.32. The maximum Gasteiger partial charge on any atom is 0.223 e. The van der Waals surface area contributed by atoms with E-state index in [1.807, 2.05) is 36.1 Å². The molecule has 0 aliphatic heterocycles. The fourth-order valence-electron chi connectivity index (χ4n) is 2.62. The van der Waals surface area contributed by atoms with Crippen molar-refractivity contribution in [2.24, 2.45) is 7.05 Å². The summed E-state index contributed by atoms with van der Waals surface area (Å²) in [4.78, 5) is 14.7. The van der Waals surface area contributed by atoms with Crippen LogP contribution in [0.1, 0.15) is 31.7 Å². The van der Waals surface area contributed by atoms with Gasteiger partial charge in [-0.1, -0.05) is 23.9 Å². The minimum Gasteiger partial charge on any atom is -0.494 e. The van der Waals surface area contributed by atoms with Gasteiger partial charge in [-0.05, 0) is 47.9 Å². The number of thioether (sulfide) groups is 1. The Morgan fingerprint density at radius 3 is 2.96 bits per heavy atom. The highest BCUT2D eigenvalue weighted by Crippen LogP contribution is 2.30. The standard InChI is InChI=1S/C17H23N5O2S/c1-3-24-15-6-4-5-13(11-15)12-22(14-7-8-14)16(23)9-10-25-17-18-19-20-21(17)2/h4-6,11,14H,3,7-10,12H2,1-2H3. The summed E-state index contributed by atoms with van der Waals surface area (Å²) < 4.78 is 7.17. The van der Waals surface area contributed by atoms with Crippen LogP contribution in [0.2, 0.25) is 0 Å². The van der Waals surface area contributed by atoms with Crippen LogP contribution in [0, 0.1) is 0 Å². The highest BCUT2D eigenvalue weighted by atomic mass is 32.2. The van der Waals surface area contributed by atoms with Gasteiger partial charge in [0.2, 0.25) is 11.1 Å². The van der Waals surface area contributed by atoms with E-state index in [1.54, 1.807) is 11.7 Å². The maximum absolute atomic E-state index is 12.7. The zero-order valence-electron chi connectivity index (χ0n) is 14.6. The molecule has 1 fully saturated rings. The molecule has 3 rings (SSSR count). The molecule has 1 aromatic heterocycles. The van der Waals surface area contributed by atoms with Crippen molar-refractivity contribution in [2.45, 2.75) is 43.9 Å². The van der Waals surface area contributed by atoms with Gasteiger partial charge in [-0.2, -0.15) is 0 Å². The van der Waals surface area contributed by atoms with Crippen LogP contribution in [0.5, 0.6) is 5.75 Å². The molecule has 1 aliphatic carbocycles. The second-order valence-corrected chi connectivity index (χ2v) is 7.08. The van der Waals surface area contributed by atoms with Gasteiger partial charge in [-0.15, -0.1) is 5.10 Å². The van der Waals surface area contributed by atoms with Crippen molar-refractivity contribution in [2.75, 3.05) is 12.4 Å². The van der Waals surface area contributed by atoms with Crippen LogP contribution >= 0.6 is 11.8 Å². The van der Waals surface area contributed by atoms with Gasteiger partial charge in [0.1, 0.15) is 5.75 Å². The fourth-order valence-corrected chi connectivity index (χ4v) is 3.40. The molecule has 134 valence electrons. The van der Waals surface area contributed by atoms with Gasteiger partial charge in [0.15, 0.2) is 0 Å². The summed E-state index contributed by atoms with van der Waals surface area (Å²) in [6, 6.07) is 8.37. The van der Waals surface area contributed by atoms with Crippen molar-refractivity contribution >= 4 is 17.7 Å². The summed E-state index contributed by atoms with van der Waals surface area (Å²) in [6.07, 6.45) is 2.67. The average molecular weight is 361 g/mol. The van der Waals surface area contributed by atoms with Crippen LogP contribution in [-0.4, -0.2) is 49.4 Å². The number of ether oxygens (including phenoxy) is 1. The molecule has 1 aliphatic rings. The van der Waals surface area contributed by atoms with E-state index in [2.05, 4.69) is 15.5 Å². The van der Waals surface area contributed by atoms with Crippen molar-refractivity contribution in [1.29, 1.82) is 0 Å². The predicted octanol–water partition coefficient (Wildman–Crippen LogP) is 2.28. The van der Waals surface area contributed by atoms with Crippen molar-refractivity contribution in [3.8, 4) is 5.75 Å². The Kier molecular flexibility index (Phi) is 5.91. The van der Waals surface area contributed by atoms with Crippen molar-refractivity contribution in [3.63, 3.8) is 0 Å². The Balaban J connectivity index is 1.56. The number of tetrazole rings is 1. The molecule has 1 aromatic carbocycles. The smallest absolute Gasteiger partial charge is 0.223 e. The van der Waals surface area contributed by atoms with E-state index in [4.69, 9.17) is 4.74 Å². The number of amides is 1. The third-order valence-corrected chi connectivity index (χ3v) is 5.01. The molecule has 0 N–H and O–H groups in total. The molecule has 0 unspecified atom stereocenters. The summed E-state index contributed by atoms with van der Waals surface area (Å²) in [5.41, 5.74) is 1.11. The van der Waals surface area contributed by atoms with Crippen molar-refractivity contribution in [3.05, 3.63) is 29.8 Å². The molecule has 0 atom stereocenters.